The van der Waals surface area contributed by atoms with Gasteiger partial charge in [-0.25, -0.2) is 4.79 Å². The largest absolute Gasteiger partial charge is 0.325 e. The molecule has 0 aliphatic carbocycles. The molecule has 122 valence electrons. The minimum absolute atomic E-state index is 0.151. The number of amides is 4. The zero-order chi connectivity index (χ0) is 16.6. The van der Waals surface area contributed by atoms with E-state index in [1.807, 2.05) is 0 Å². The molecule has 0 unspecified atom stereocenters. The quantitative estimate of drug-likeness (QED) is 0.853. The summed E-state index contributed by atoms with van der Waals surface area (Å²) in [5.74, 6) is -0.567. The van der Waals surface area contributed by atoms with Crippen molar-refractivity contribution >= 4 is 23.5 Å². The lowest BCUT2D eigenvalue weighted by Gasteiger charge is -2.26. The topological polar surface area (TPSA) is 69.7 Å². The number of anilines is 1. The van der Waals surface area contributed by atoms with Gasteiger partial charge in [-0.2, -0.15) is 0 Å². The highest BCUT2D eigenvalue weighted by atomic mass is 16.2. The maximum atomic E-state index is 12.4. The van der Waals surface area contributed by atoms with Crippen molar-refractivity contribution in [2.45, 2.75) is 39.2 Å². The van der Waals surface area contributed by atoms with Gasteiger partial charge in [0.15, 0.2) is 0 Å². The Hall–Kier alpha value is -2.37. The van der Waals surface area contributed by atoms with E-state index in [2.05, 4.69) is 5.32 Å². The van der Waals surface area contributed by atoms with Crippen LogP contribution in [-0.4, -0.2) is 46.8 Å². The number of hydrogen-bond donors (Lipinski definition) is 1. The minimum Gasteiger partial charge on any atom is -0.325 e. The van der Waals surface area contributed by atoms with Gasteiger partial charge in [-0.05, 0) is 51.3 Å². The van der Waals surface area contributed by atoms with Crippen LogP contribution in [0.25, 0.3) is 0 Å². The molecular formula is C17H21N3O3. The Morgan fingerprint density at radius 1 is 1.04 bits per heavy atom. The molecule has 2 aliphatic rings. The number of imide groups is 1. The fourth-order valence-electron chi connectivity index (χ4n) is 3.11. The average molecular weight is 315 g/mol. The Morgan fingerprint density at radius 2 is 1.70 bits per heavy atom. The molecule has 0 radical (unpaired) electrons. The van der Waals surface area contributed by atoms with Crippen LogP contribution in [0.2, 0.25) is 0 Å². The molecule has 1 N–H and O–H groups in total. The van der Waals surface area contributed by atoms with Crippen molar-refractivity contribution in [1.29, 1.82) is 0 Å². The Kier molecular flexibility index (Phi) is 4.07. The van der Waals surface area contributed by atoms with E-state index in [9.17, 15) is 14.4 Å². The number of nitrogens with zero attached hydrogens (tertiary/aromatic N) is 2. The van der Waals surface area contributed by atoms with E-state index in [1.54, 1.807) is 36.9 Å². The normalized spacial score (nSPS) is 17.7. The Labute approximate surface area is 135 Å². The summed E-state index contributed by atoms with van der Waals surface area (Å²) >= 11 is 0. The van der Waals surface area contributed by atoms with Gasteiger partial charge in [0.25, 0.3) is 11.8 Å². The van der Waals surface area contributed by atoms with Gasteiger partial charge < -0.3 is 10.2 Å². The second kappa shape index (κ2) is 6.02. The van der Waals surface area contributed by atoms with Crippen molar-refractivity contribution in [2.24, 2.45) is 0 Å². The van der Waals surface area contributed by atoms with Crippen molar-refractivity contribution in [1.82, 2.24) is 9.80 Å². The van der Waals surface area contributed by atoms with Gasteiger partial charge in [0.1, 0.15) is 0 Å². The maximum absolute atomic E-state index is 12.4. The first kappa shape index (κ1) is 15.5. The van der Waals surface area contributed by atoms with Crippen molar-refractivity contribution in [2.75, 3.05) is 18.4 Å². The summed E-state index contributed by atoms with van der Waals surface area (Å²) < 4.78 is 0. The Morgan fingerprint density at radius 3 is 2.35 bits per heavy atom. The molecule has 2 heterocycles. The van der Waals surface area contributed by atoms with Gasteiger partial charge in [0.2, 0.25) is 0 Å². The summed E-state index contributed by atoms with van der Waals surface area (Å²) in [4.78, 5) is 39.9. The molecule has 0 aromatic heterocycles. The highest BCUT2D eigenvalue weighted by Gasteiger charge is 2.37. The van der Waals surface area contributed by atoms with Crippen LogP contribution in [0.5, 0.6) is 0 Å². The third-order valence-electron chi connectivity index (χ3n) is 4.33. The van der Waals surface area contributed by atoms with Gasteiger partial charge in [-0.3, -0.25) is 14.5 Å². The number of benzene rings is 1. The number of piperidine rings is 1. The third-order valence-corrected chi connectivity index (χ3v) is 4.33. The van der Waals surface area contributed by atoms with Crippen LogP contribution in [-0.2, 0) is 0 Å². The molecule has 6 nitrogen and oxygen atoms in total. The molecule has 1 aromatic carbocycles. The molecule has 1 saturated heterocycles. The van der Waals surface area contributed by atoms with Crippen molar-refractivity contribution in [3.8, 4) is 0 Å². The number of carbonyl (C=O) groups is 3. The van der Waals surface area contributed by atoms with Crippen molar-refractivity contribution in [3.05, 3.63) is 29.3 Å². The van der Waals surface area contributed by atoms with Crippen LogP contribution in [0.15, 0.2) is 18.2 Å². The molecule has 6 heteroatoms. The van der Waals surface area contributed by atoms with Crippen LogP contribution in [0, 0.1) is 0 Å². The monoisotopic (exact) mass is 315 g/mol. The number of carbonyl (C=O) groups excluding carboxylic acids is 3. The number of hydrogen-bond acceptors (Lipinski definition) is 3. The van der Waals surface area contributed by atoms with Crippen molar-refractivity contribution < 1.29 is 14.4 Å². The zero-order valence-electron chi connectivity index (χ0n) is 13.5. The van der Waals surface area contributed by atoms with Gasteiger partial charge in [-0.15, -0.1) is 0 Å². The predicted molar refractivity (Wildman–Crippen MR) is 86.5 cm³/mol. The first-order valence-corrected chi connectivity index (χ1v) is 8.07. The molecule has 3 rings (SSSR count). The summed E-state index contributed by atoms with van der Waals surface area (Å²) in [5.41, 5.74) is 1.31. The van der Waals surface area contributed by atoms with Crippen LogP contribution in [0.4, 0.5) is 10.5 Å². The molecule has 1 fully saturated rings. The van der Waals surface area contributed by atoms with Gasteiger partial charge >= 0.3 is 6.03 Å². The molecule has 0 atom stereocenters. The molecule has 0 bridgehead atoms. The summed E-state index contributed by atoms with van der Waals surface area (Å²) in [5, 5.41) is 2.83. The smallest absolute Gasteiger partial charge is 0.321 e. The van der Waals surface area contributed by atoms with Gasteiger partial charge in [-0.1, -0.05) is 0 Å². The van der Waals surface area contributed by atoms with E-state index in [0.717, 1.165) is 32.4 Å². The number of likely N-dealkylation sites (tertiary alicyclic amines) is 1. The summed E-state index contributed by atoms with van der Waals surface area (Å²) in [6, 6.07) is 4.55. The van der Waals surface area contributed by atoms with E-state index in [-0.39, 0.29) is 23.9 Å². The second-order valence-electron chi connectivity index (χ2n) is 6.31. The van der Waals surface area contributed by atoms with Gasteiger partial charge in [0.05, 0.1) is 11.1 Å². The lowest BCUT2D eigenvalue weighted by molar-refractivity contribution is 0.0609. The second-order valence-corrected chi connectivity index (χ2v) is 6.31. The fourth-order valence-corrected chi connectivity index (χ4v) is 3.11. The fraction of sp³-hybridized carbons (Fsp3) is 0.471. The third kappa shape index (κ3) is 2.81. The maximum Gasteiger partial charge on any atom is 0.321 e. The minimum atomic E-state index is -0.297. The van der Waals surface area contributed by atoms with Crippen LogP contribution in [0.1, 0.15) is 53.8 Å². The Balaban J connectivity index is 1.79. The molecule has 23 heavy (non-hydrogen) atoms. The number of rotatable bonds is 2. The Bertz CT molecular complexity index is 663. The van der Waals surface area contributed by atoms with Crippen LogP contribution < -0.4 is 5.32 Å². The first-order chi connectivity index (χ1) is 11.0. The lowest BCUT2D eigenvalue weighted by Crippen LogP contribution is -2.38. The van der Waals surface area contributed by atoms with E-state index in [0.29, 0.717) is 16.8 Å². The molecule has 1 aromatic rings. The first-order valence-electron chi connectivity index (χ1n) is 8.07. The van der Waals surface area contributed by atoms with Gasteiger partial charge in [0, 0.05) is 24.8 Å². The molecule has 0 saturated carbocycles. The number of fused-ring (bicyclic) bond motifs is 1. The average Bonchev–Trinajstić information content (AvgIpc) is 2.79. The highest BCUT2D eigenvalue weighted by Crippen LogP contribution is 2.27. The summed E-state index contributed by atoms with van der Waals surface area (Å²) in [6.45, 7) is 5.13. The van der Waals surface area contributed by atoms with E-state index < -0.39 is 0 Å². The number of urea groups is 1. The molecular weight excluding hydrogens is 294 g/mol. The molecule has 4 amide bonds. The van der Waals surface area contributed by atoms with Crippen LogP contribution >= 0.6 is 0 Å². The summed E-state index contributed by atoms with van der Waals surface area (Å²) in [7, 11) is 0. The SMILES string of the molecule is CC(C)N1C(=O)c2ccc(NC(=O)N3CCCCC3)cc2C1=O. The van der Waals surface area contributed by atoms with E-state index in [4.69, 9.17) is 0 Å². The highest BCUT2D eigenvalue weighted by molar-refractivity contribution is 6.22. The standard InChI is InChI=1S/C17H21N3O3/c1-11(2)20-15(21)13-7-6-12(10-14(13)16(20)22)18-17(23)19-8-4-3-5-9-19/h6-7,10-11H,3-5,8-9H2,1-2H3,(H,18,23). The van der Waals surface area contributed by atoms with E-state index in [1.165, 1.54) is 4.90 Å². The molecule has 0 spiro atoms. The number of nitrogens with one attached hydrogen (secondary N) is 1. The van der Waals surface area contributed by atoms with E-state index >= 15 is 0 Å². The predicted octanol–water partition coefficient (Wildman–Crippen LogP) is 2.71. The zero-order valence-corrected chi connectivity index (χ0v) is 13.5. The van der Waals surface area contributed by atoms with Crippen molar-refractivity contribution in [3.63, 3.8) is 0 Å². The lowest BCUT2D eigenvalue weighted by atomic mass is 10.1. The summed E-state index contributed by atoms with van der Waals surface area (Å²) in [6.07, 6.45) is 3.20. The van der Waals surface area contributed by atoms with Crippen LogP contribution in [0.3, 0.4) is 0 Å². The molecule has 2 aliphatic heterocycles.